The van der Waals surface area contributed by atoms with E-state index in [1.165, 1.54) is 25.3 Å². The first-order valence-electron chi connectivity index (χ1n) is 8.63. The molecule has 148 valence electrons. The Kier molecular flexibility index (Phi) is 5.58. The molecule has 2 atom stereocenters. The fourth-order valence-corrected chi connectivity index (χ4v) is 3.13. The molecule has 1 heterocycles. The fraction of sp³-hybridized carbons (Fsp3) is 0.300. The number of rotatable bonds is 5. The summed E-state index contributed by atoms with van der Waals surface area (Å²) >= 11 is 0. The summed E-state index contributed by atoms with van der Waals surface area (Å²) in [6, 6.07) is 7.76. The largest absolute Gasteiger partial charge is 0.484 e. The van der Waals surface area contributed by atoms with E-state index in [1.54, 1.807) is 12.1 Å². The van der Waals surface area contributed by atoms with Gasteiger partial charge in [0.2, 0.25) is 11.8 Å². The molecular formula is C20H19F3N2O3. The molecule has 1 aliphatic rings. The number of ether oxygens (including phenoxy) is 2. The maximum absolute atomic E-state index is 12.7. The standard InChI is InChI=1S/C20H19F3N2O3/c1-3-17(26)24-15-9-10-16(19-14(15)8-11-18(25-19)27-2)28-13-6-4-12(5-7-13)20(21,22)23/h3-8,11,15-16H,1,9-10H2,2H3,(H,24,26). The van der Waals surface area contributed by atoms with Crippen molar-refractivity contribution in [1.82, 2.24) is 10.3 Å². The lowest BCUT2D eigenvalue weighted by Crippen LogP contribution is -2.32. The van der Waals surface area contributed by atoms with E-state index in [0.717, 1.165) is 17.7 Å². The average Bonchev–Trinajstić information content (AvgIpc) is 2.69. The Morgan fingerprint density at radius 2 is 1.93 bits per heavy atom. The van der Waals surface area contributed by atoms with Crippen LogP contribution in [0.5, 0.6) is 11.6 Å². The molecule has 0 spiro atoms. The van der Waals surface area contributed by atoms with Gasteiger partial charge in [-0.25, -0.2) is 4.98 Å². The van der Waals surface area contributed by atoms with Gasteiger partial charge in [-0.1, -0.05) is 6.58 Å². The van der Waals surface area contributed by atoms with E-state index in [0.29, 0.717) is 30.2 Å². The number of benzene rings is 1. The number of halogens is 3. The topological polar surface area (TPSA) is 60.5 Å². The number of amides is 1. The van der Waals surface area contributed by atoms with E-state index in [9.17, 15) is 18.0 Å². The van der Waals surface area contributed by atoms with Crippen molar-refractivity contribution >= 4 is 5.91 Å². The van der Waals surface area contributed by atoms with Gasteiger partial charge in [0, 0.05) is 11.6 Å². The predicted molar refractivity (Wildman–Crippen MR) is 95.9 cm³/mol. The number of nitrogens with zero attached hydrogens (tertiary/aromatic N) is 1. The van der Waals surface area contributed by atoms with Gasteiger partial charge >= 0.3 is 6.18 Å². The maximum atomic E-state index is 12.7. The number of nitrogens with one attached hydrogen (secondary N) is 1. The molecule has 2 aromatic rings. The highest BCUT2D eigenvalue weighted by Gasteiger charge is 2.32. The van der Waals surface area contributed by atoms with Crippen molar-refractivity contribution in [3.05, 3.63) is 65.9 Å². The molecule has 3 rings (SSSR count). The minimum atomic E-state index is -4.40. The van der Waals surface area contributed by atoms with E-state index in [-0.39, 0.29) is 11.9 Å². The van der Waals surface area contributed by atoms with Gasteiger partial charge in [-0.15, -0.1) is 0 Å². The first kappa shape index (κ1) is 19.7. The molecule has 0 radical (unpaired) electrons. The lowest BCUT2D eigenvalue weighted by Gasteiger charge is -2.31. The Hall–Kier alpha value is -3.03. The van der Waals surface area contributed by atoms with Crippen LogP contribution in [-0.2, 0) is 11.0 Å². The SMILES string of the molecule is C=CC(=O)NC1CCC(Oc2ccc(C(F)(F)F)cc2)c2nc(OC)ccc21. The lowest BCUT2D eigenvalue weighted by molar-refractivity contribution is -0.137. The molecule has 5 nitrogen and oxygen atoms in total. The highest BCUT2D eigenvalue weighted by Crippen LogP contribution is 2.39. The van der Waals surface area contributed by atoms with Crippen molar-refractivity contribution in [1.29, 1.82) is 0 Å². The molecule has 0 aliphatic heterocycles. The zero-order chi connectivity index (χ0) is 20.3. The number of fused-ring (bicyclic) bond motifs is 1. The second-order valence-electron chi connectivity index (χ2n) is 6.30. The number of carbonyl (C=O) groups is 1. The number of hydrogen-bond acceptors (Lipinski definition) is 4. The number of aromatic nitrogens is 1. The van der Waals surface area contributed by atoms with Gasteiger partial charge in [-0.05, 0) is 49.2 Å². The van der Waals surface area contributed by atoms with Crippen LogP contribution in [0.2, 0.25) is 0 Å². The second kappa shape index (κ2) is 7.92. The Morgan fingerprint density at radius 3 is 2.54 bits per heavy atom. The van der Waals surface area contributed by atoms with Gasteiger partial charge in [-0.3, -0.25) is 4.79 Å². The molecule has 28 heavy (non-hydrogen) atoms. The predicted octanol–water partition coefficient (Wildman–Crippen LogP) is 4.37. The van der Waals surface area contributed by atoms with Gasteiger partial charge in [0.05, 0.1) is 24.4 Å². The third kappa shape index (κ3) is 4.27. The minimum Gasteiger partial charge on any atom is -0.484 e. The summed E-state index contributed by atoms with van der Waals surface area (Å²) in [5, 5.41) is 2.85. The van der Waals surface area contributed by atoms with Crippen LogP contribution in [0.4, 0.5) is 13.2 Å². The Labute approximate surface area is 160 Å². The van der Waals surface area contributed by atoms with E-state index in [2.05, 4.69) is 16.9 Å². The summed E-state index contributed by atoms with van der Waals surface area (Å²) < 4.78 is 49.3. The summed E-state index contributed by atoms with van der Waals surface area (Å²) in [6.45, 7) is 3.45. The molecular weight excluding hydrogens is 373 g/mol. The first-order chi connectivity index (χ1) is 13.3. The van der Waals surface area contributed by atoms with Crippen molar-refractivity contribution in [3.63, 3.8) is 0 Å². The fourth-order valence-electron chi connectivity index (χ4n) is 3.13. The van der Waals surface area contributed by atoms with E-state index in [4.69, 9.17) is 9.47 Å². The van der Waals surface area contributed by atoms with Gasteiger partial charge in [0.25, 0.3) is 0 Å². The molecule has 0 fully saturated rings. The lowest BCUT2D eigenvalue weighted by atomic mass is 9.89. The molecule has 1 aromatic carbocycles. The van der Waals surface area contributed by atoms with Crippen LogP contribution in [0, 0.1) is 0 Å². The van der Waals surface area contributed by atoms with Crippen LogP contribution < -0.4 is 14.8 Å². The Bertz CT molecular complexity index is 866. The van der Waals surface area contributed by atoms with Crippen molar-refractivity contribution in [2.24, 2.45) is 0 Å². The van der Waals surface area contributed by atoms with Gasteiger partial charge in [0.1, 0.15) is 11.9 Å². The molecule has 1 aromatic heterocycles. The van der Waals surface area contributed by atoms with E-state index >= 15 is 0 Å². The van der Waals surface area contributed by atoms with Crippen molar-refractivity contribution in [2.75, 3.05) is 7.11 Å². The summed E-state index contributed by atoms with van der Waals surface area (Å²) in [7, 11) is 1.49. The van der Waals surface area contributed by atoms with Crippen molar-refractivity contribution < 1.29 is 27.4 Å². The number of methoxy groups -OCH3 is 1. The van der Waals surface area contributed by atoms with Crippen LogP contribution in [-0.4, -0.2) is 18.0 Å². The smallest absolute Gasteiger partial charge is 0.416 e. The van der Waals surface area contributed by atoms with Crippen LogP contribution in [0.25, 0.3) is 0 Å². The van der Waals surface area contributed by atoms with Crippen LogP contribution in [0.15, 0.2) is 49.1 Å². The first-order valence-corrected chi connectivity index (χ1v) is 8.63. The van der Waals surface area contributed by atoms with E-state index in [1.807, 2.05) is 0 Å². The summed E-state index contributed by atoms with van der Waals surface area (Å²) in [6.07, 6.45) is -2.57. The van der Waals surface area contributed by atoms with Crippen molar-refractivity contribution in [3.8, 4) is 11.6 Å². The summed E-state index contributed by atoms with van der Waals surface area (Å²) in [5.74, 6) is 0.395. The summed E-state index contributed by atoms with van der Waals surface area (Å²) in [5.41, 5.74) is 0.620. The molecule has 8 heteroatoms. The van der Waals surface area contributed by atoms with Crippen LogP contribution in [0.1, 0.15) is 41.8 Å². The van der Waals surface area contributed by atoms with E-state index < -0.39 is 17.8 Å². The number of alkyl halides is 3. The third-order valence-corrected chi connectivity index (χ3v) is 4.50. The summed E-state index contributed by atoms with van der Waals surface area (Å²) in [4.78, 5) is 16.1. The van der Waals surface area contributed by atoms with Gasteiger partial charge in [-0.2, -0.15) is 13.2 Å². The zero-order valence-electron chi connectivity index (χ0n) is 15.1. The maximum Gasteiger partial charge on any atom is 0.416 e. The van der Waals surface area contributed by atoms with Gasteiger partial charge in [0.15, 0.2) is 0 Å². The number of pyridine rings is 1. The molecule has 1 aliphatic carbocycles. The molecule has 1 N–H and O–H groups in total. The molecule has 0 bridgehead atoms. The highest BCUT2D eigenvalue weighted by atomic mass is 19.4. The normalized spacial score (nSPS) is 18.7. The monoisotopic (exact) mass is 392 g/mol. The zero-order valence-corrected chi connectivity index (χ0v) is 15.1. The molecule has 1 amide bonds. The number of carbonyl (C=O) groups excluding carboxylic acids is 1. The molecule has 0 saturated carbocycles. The average molecular weight is 392 g/mol. The second-order valence-corrected chi connectivity index (χ2v) is 6.30. The quantitative estimate of drug-likeness (QED) is 0.768. The number of hydrogen-bond donors (Lipinski definition) is 1. The highest BCUT2D eigenvalue weighted by molar-refractivity contribution is 5.87. The van der Waals surface area contributed by atoms with Crippen molar-refractivity contribution in [2.45, 2.75) is 31.2 Å². The molecule has 2 unspecified atom stereocenters. The minimum absolute atomic E-state index is 0.258. The molecule has 0 saturated heterocycles. The third-order valence-electron chi connectivity index (χ3n) is 4.50. The van der Waals surface area contributed by atoms with Gasteiger partial charge < -0.3 is 14.8 Å². The van der Waals surface area contributed by atoms with Crippen LogP contribution >= 0.6 is 0 Å². The van der Waals surface area contributed by atoms with Crippen LogP contribution in [0.3, 0.4) is 0 Å². The Balaban J connectivity index is 1.86. The Morgan fingerprint density at radius 1 is 1.21 bits per heavy atom.